The highest BCUT2D eigenvalue weighted by atomic mass is 79.9. The zero-order valence-electron chi connectivity index (χ0n) is 19.5. The predicted octanol–water partition coefficient (Wildman–Crippen LogP) is 7.97. The predicted molar refractivity (Wildman–Crippen MR) is 150 cm³/mol. The topological polar surface area (TPSA) is 56.5 Å². The van der Waals surface area contributed by atoms with Gasteiger partial charge in [0.15, 0.2) is 0 Å². The van der Waals surface area contributed by atoms with E-state index in [0.717, 1.165) is 31.2 Å². The van der Waals surface area contributed by atoms with E-state index >= 15 is 0 Å². The summed E-state index contributed by atoms with van der Waals surface area (Å²) in [5.74, 6) is 1.45. The number of hydrogen-bond acceptors (Lipinski definition) is 4. The molecule has 0 amide bonds. The van der Waals surface area contributed by atoms with Gasteiger partial charge in [-0.15, -0.1) is 0 Å². The molecule has 5 rings (SSSR count). The molecular formula is C28H24BrCl2N3O2. The van der Waals surface area contributed by atoms with Crippen molar-refractivity contribution in [1.82, 2.24) is 9.66 Å². The molecule has 0 radical (unpaired) electrons. The van der Waals surface area contributed by atoms with Crippen LogP contribution in [0.5, 0.6) is 5.75 Å². The van der Waals surface area contributed by atoms with Gasteiger partial charge in [0.05, 0.1) is 21.6 Å². The molecule has 0 unspecified atom stereocenters. The van der Waals surface area contributed by atoms with Gasteiger partial charge in [0.2, 0.25) is 0 Å². The van der Waals surface area contributed by atoms with Crippen LogP contribution < -0.4 is 10.3 Å². The van der Waals surface area contributed by atoms with Crippen molar-refractivity contribution in [2.45, 2.75) is 44.6 Å². The monoisotopic (exact) mass is 583 g/mol. The number of nitrogens with zero attached hydrogens (tertiary/aromatic N) is 3. The van der Waals surface area contributed by atoms with Crippen molar-refractivity contribution in [3.63, 3.8) is 0 Å². The second kappa shape index (κ2) is 11.2. The van der Waals surface area contributed by atoms with Crippen LogP contribution in [0.1, 0.15) is 55.0 Å². The maximum Gasteiger partial charge on any atom is 0.282 e. The first-order valence-electron chi connectivity index (χ1n) is 11.9. The number of para-hydroxylation sites is 1. The Morgan fingerprint density at radius 3 is 2.61 bits per heavy atom. The fraction of sp³-hybridized carbons (Fsp3) is 0.250. The Morgan fingerprint density at radius 1 is 1.06 bits per heavy atom. The number of fused-ring (bicyclic) bond motifs is 1. The minimum absolute atomic E-state index is 0.183. The van der Waals surface area contributed by atoms with Crippen LogP contribution in [0, 0.1) is 0 Å². The average Bonchev–Trinajstić information content (AvgIpc) is 2.89. The number of halogens is 3. The van der Waals surface area contributed by atoms with Crippen LogP contribution in [0.3, 0.4) is 0 Å². The summed E-state index contributed by atoms with van der Waals surface area (Å²) >= 11 is 16.2. The molecule has 1 aliphatic carbocycles. The third kappa shape index (κ3) is 5.36. The summed E-state index contributed by atoms with van der Waals surface area (Å²) in [5.41, 5.74) is 2.01. The van der Waals surface area contributed by atoms with Crippen LogP contribution in [-0.4, -0.2) is 15.9 Å². The molecule has 1 aliphatic rings. The lowest BCUT2D eigenvalue weighted by Gasteiger charge is -2.22. The van der Waals surface area contributed by atoms with Crippen LogP contribution in [0.4, 0.5) is 0 Å². The normalized spacial score (nSPS) is 14.5. The van der Waals surface area contributed by atoms with E-state index in [-0.39, 0.29) is 18.1 Å². The molecule has 8 heteroatoms. The third-order valence-corrected chi connectivity index (χ3v) is 7.60. The van der Waals surface area contributed by atoms with Crippen LogP contribution in [0.2, 0.25) is 10.0 Å². The zero-order valence-corrected chi connectivity index (χ0v) is 22.6. The van der Waals surface area contributed by atoms with Gasteiger partial charge in [-0.3, -0.25) is 4.79 Å². The summed E-state index contributed by atoms with van der Waals surface area (Å²) in [6.07, 6.45) is 7.06. The van der Waals surface area contributed by atoms with E-state index in [1.165, 1.54) is 11.1 Å². The number of ether oxygens (including phenoxy) is 1. The third-order valence-electron chi connectivity index (χ3n) is 6.43. The van der Waals surface area contributed by atoms with E-state index in [1.54, 1.807) is 24.4 Å². The Bertz CT molecular complexity index is 1500. The van der Waals surface area contributed by atoms with Crippen LogP contribution in [0.25, 0.3) is 10.9 Å². The largest absolute Gasteiger partial charge is 0.487 e. The molecule has 0 atom stereocenters. The van der Waals surface area contributed by atoms with Crippen molar-refractivity contribution in [3.8, 4) is 5.75 Å². The highest BCUT2D eigenvalue weighted by molar-refractivity contribution is 9.10. The Balaban J connectivity index is 1.56. The fourth-order valence-corrected chi connectivity index (χ4v) is 5.73. The smallest absolute Gasteiger partial charge is 0.282 e. The molecule has 5 nitrogen and oxygen atoms in total. The first kappa shape index (κ1) is 25.0. The molecule has 36 heavy (non-hydrogen) atoms. The minimum atomic E-state index is -0.183. The van der Waals surface area contributed by atoms with E-state index < -0.39 is 0 Å². The molecule has 1 fully saturated rings. The van der Waals surface area contributed by atoms with Gasteiger partial charge >= 0.3 is 0 Å². The summed E-state index contributed by atoms with van der Waals surface area (Å²) in [6, 6.07) is 18.5. The Morgan fingerprint density at radius 2 is 1.81 bits per heavy atom. The van der Waals surface area contributed by atoms with E-state index in [9.17, 15) is 4.79 Å². The zero-order chi connectivity index (χ0) is 25.1. The molecule has 0 bridgehead atoms. The van der Waals surface area contributed by atoms with Crippen molar-refractivity contribution in [1.29, 1.82) is 0 Å². The lowest BCUT2D eigenvalue weighted by Crippen LogP contribution is -2.25. The highest BCUT2D eigenvalue weighted by Gasteiger charge is 2.22. The molecule has 0 N–H and O–H groups in total. The van der Waals surface area contributed by atoms with Crippen LogP contribution >= 0.6 is 39.1 Å². The van der Waals surface area contributed by atoms with Gasteiger partial charge in [0.1, 0.15) is 18.2 Å². The molecular weight excluding hydrogens is 561 g/mol. The summed E-state index contributed by atoms with van der Waals surface area (Å²) in [5, 5.41) is 6.33. The summed E-state index contributed by atoms with van der Waals surface area (Å²) in [4.78, 5) is 18.4. The molecule has 1 heterocycles. The van der Waals surface area contributed by atoms with Gasteiger partial charge in [-0.25, -0.2) is 4.98 Å². The molecule has 3 aromatic carbocycles. The number of hydrogen-bond donors (Lipinski definition) is 0. The van der Waals surface area contributed by atoms with Crippen LogP contribution in [0.15, 0.2) is 75.0 Å². The molecule has 0 aliphatic heterocycles. The number of aromatic nitrogens is 2. The van der Waals surface area contributed by atoms with Gasteiger partial charge < -0.3 is 4.74 Å². The first-order chi connectivity index (χ1) is 17.5. The van der Waals surface area contributed by atoms with Gasteiger partial charge in [-0.1, -0.05) is 72.8 Å². The minimum Gasteiger partial charge on any atom is -0.487 e. The SMILES string of the molecule is O=c1c2ccccc2nc(C2CCCCC2)n1N=Cc1cc(Cl)cc(Br)c1OCc1ccccc1Cl. The van der Waals surface area contributed by atoms with Gasteiger partial charge in [0, 0.05) is 27.1 Å². The quantitative estimate of drug-likeness (QED) is 0.216. The second-order valence-electron chi connectivity index (χ2n) is 8.87. The lowest BCUT2D eigenvalue weighted by atomic mass is 9.88. The second-order valence-corrected chi connectivity index (χ2v) is 10.6. The summed E-state index contributed by atoms with van der Waals surface area (Å²) in [7, 11) is 0. The Hall–Kier alpha value is -2.67. The van der Waals surface area contributed by atoms with Gasteiger partial charge in [0.25, 0.3) is 5.56 Å². The van der Waals surface area contributed by atoms with E-state index in [2.05, 4.69) is 21.0 Å². The molecule has 0 saturated heterocycles. The Kier molecular flexibility index (Phi) is 7.75. The fourth-order valence-electron chi connectivity index (χ4n) is 4.59. The van der Waals surface area contributed by atoms with Crippen molar-refractivity contribution in [3.05, 3.63) is 102 Å². The van der Waals surface area contributed by atoms with Crippen LogP contribution in [-0.2, 0) is 6.61 Å². The molecule has 0 spiro atoms. The molecule has 1 aromatic heterocycles. The maximum atomic E-state index is 13.5. The van der Waals surface area contributed by atoms with Gasteiger partial charge in [-0.2, -0.15) is 9.78 Å². The molecule has 1 saturated carbocycles. The molecule has 4 aromatic rings. The van der Waals surface area contributed by atoms with Gasteiger partial charge in [-0.05, 0) is 59.1 Å². The van der Waals surface area contributed by atoms with E-state index in [1.807, 2.05) is 42.5 Å². The standard InChI is InChI=1S/C28H24BrCl2N3O2/c29-23-15-21(30)14-20(26(23)36-17-19-10-4-6-12-24(19)31)16-32-34-27(18-8-2-1-3-9-18)33-25-13-7-5-11-22(25)28(34)35/h4-7,10-16,18H,1-3,8-9,17H2. The summed E-state index contributed by atoms with van der Waals surface area (Å²) < 4.78 is 8.27. The number of benzene rings is 3. The van der Waals surface area contributed by atoms with Crippen molar-refractivity contribution >= 4 is 56.2 Å². The van der Waals surface area contributed by atoms with E-state index in [0.29, 0.717) is 42.6 Å². The number of rotatable bonds is 6. The Labute approximate surface area is 227 Å². The first-order valence-corrected chi connectivity index (χ1v) is 13.5. The van der Waals surface area contributed by atoms with E-state index in [4.69, 9.17) is 32.9 Å². The lowest BCUT2D eigenvalue weighted by molar-refractivity contribution is 0.304. The molecule has 184 valence electrons. The van der Waals surface area contributed by atoms with Crippen molar-refractivity contribution in [2.75, 3.05) is 0 Å². The van der Waals surface area contributed by atoms with Crippen molar-refractivity contribution < 1.29 is 4.74 Å². The highest BCUT2D eigenvalue weighted by Crippen LogP contribution is 2.34. The summed E-state index contributed by atoms with van der Waals surface area (Å²) in [6.45, 7) is 0.269. The van der Waals surface area contributed by atoms with Crippen molar-refractivity contribution in [2.24, 2.45) is 5.10 Å². The average molecular weight is 585 g/mol. The maximum absolute atomic E-state index is 13.5.